The number of carbonyl (C=O) groups is 1. The Balaban J connectivity index is 1.43. The molecule has 1 N–H and O–H groups in total. The van der Waals surface area contributed by atoms with Crippen LogP contribution in [0.4, 0.5) is 0 Å². The molecule has 0 radical (unpaired) electrons. The van der Waals surface area contributed by atoms with E-state index in [2.05, 4.69) is 60.6 Å². The lowest BCUT2D eigenvalue weighted by molar-refractivity contribution is -0.126. The van der Waals surface area contributed by atoms with Crippen LogP contribution >= 0.6 is 15.9 Å². The Morgan fingerprint density at radius 3 is 2.68 bits per heavy atom. The summed E-state index contributed by atoms with van der Waals surface area (Å²) in [6.45, 7) is 2.79. The van der Waals surface area contributed by atoms with Gasteiger partial charge in [0.1, 0.15) is 0 Å². The van der Waals surface area contributed by atoms with E-state index in [4.69, 9.17) is 0 Å². The second kappa shape index (κ2) is 8.87. The summed E-state index contributed by atoms with van der Waals surface area (Å²) in [7, 11) is 0. The second-order valence-electron chi connectivity index (χ2n) is 6.17. The first-order valence-electron chi connectivity index (χ1n) is 8.41. The van der Waals surface area contributed by atoms with E-state index in [0.717, 1.165) is 42.6 Å². The number of hydrazone groups is 1. The van der Waals surface area contributed by atoms with E-state index < -0.39 is 0 Å². The Labute approximate surface area is 156 Å². The number of aromatic nitrogens is 1. The van der Waals surface area contributed by atoms with Crippen molar-refractivity contribution < 1.29 is 4.79 Å². The maximum absolute atomic E-state index is 12.2. The number of amides is 1. The standard InChI is InChI=1S/C19H21BrN4O/c20-17-6-4-15(5-7-17)14-24-11-8-16(9-12-24)19(25)23-22-13-18-3-1-2-10-21-18/h1-7,10,13,16H,8-9,11-12,14H2,(H,23,25)/b22-13-. The minimum absolute atomic E-state index is 0.00419. The van der Waals surface area contributed by atoms with E-state index >= 15 is 0 Å². The fourth-order valence-corrected chi connectivity index (χ4v) is 3.17. The first-order chi connectivity index (χ1) is 12.2. The molecule has 1 aliphatic heterocycles. The summed E-state index contributed by atoms with van der Waals surface area (Å²) in [5.74, 6) is 0.0255. The second-order valence-corrected chi connectivity index (χ2v) is 7.08. The zero-order valence-electron chi connectivity index (χ0n) is 13.9. The molecule has 6 heteroatoms. The van der Waals surface area contributed by atoms with Crippen LogP contribution in [0.1, 0.15) is 24.1 Å². The van der Waals surface area contributed by atoms with Gasteiger partial charge in [0.25, 0.3) is 0 Å². The highest BCUT2D eigenvalue weighted by Crippen LogP contribution is 2.20. The number of halogens is 1. The molecule has 2 aromatic rings. The summed E-state index contributed by atoms with van der Waals surface area (Å²) in [6.07, 6.45) is 4.99. The number of hydrogen-bond acceptors (Lipinski definition) is 4. The molecule has 0 aliphatic carbocycles. The largest absolute Gasteiger partial charge is 0.299 e. The molecular weight excluding hydrogens is 380 g/mol. The number of likely N-dealkylation sites (tertiary alicyclic amines) is 1. The third kappa shape index (κ3) is 5.47. The number of carbonyl (C=O) groups excluding carboxylic acids is 1. The van der Waals surface area contributed by atoms with Crippen molar-refractivity contribution >= 4 is 28.1 Å². The summed E-state index contributed by atoms with van der Waals surface area (Å²) < 4.78 is 1.10. The first-order valence-corrected chi connectivity index (χ1v) is 9.21. The van der Waals surface area contributed by atoms with Gasteiger partial charge in [-0.25, -0.2) is 5.43 Å². The van der Waals surface area contributed by atoms with E-state index in [1.807, 2.05) is 18.2 Å². The van der Waals surface area contributed by atoms with Crippen molar-refractivity contribution in [1.82, 2.24) is 15.3 Å². The predicted octanol–water partition coefficient (Wildman–Crippen LogP) is 3.21. The van der Waals surface area contributed by atoms with Crippen molar-refractivity contribution in [2.24, 2.45) is 11.0 Å². The third-order valence-electron chi connectivity index (χ3n) is 4.34. The Bertz CT molecular complexity index is 710. The Morgan fingerprint density at radius 1 is 1.24 bits per heavy atom. The normalized spacial score (nSPS) is 16.2. The molecule has 0 spiro atoms. The molecule has 0 unspecified atom stereocenters. The van der Waals surface area contributed by atoms with E-state index in [1.54, 1.807) is 12.4 Å². The SMILES string of the molecule is O=C(N/N=C\c1ccccn1)C1CCN(Cc2ccc(Br)cc2)CC1. The van der Waals surface area contributed by atoms with Crippen molar-refractivity contribution in [2.75, 3.05) is 13.1 Å². The smallest absolute Gasteiger partial charge is 0.243 e. The van der Waals surface area contributed by atoms with Crippen LogP contribution in [0.15, 0.2) is 58.2 Å². The molecule has 0 saturated carbocycles. The quantitative estimate of drug-likeness (QED) is 0.619. The molecule has 1 aromatic carbocycles. The number of hydrogen-bond donors (Lipinski definition) is 1. The topological polar surface area (TPSA) is 57.6 Å². The summed E-state index contributed by atoms with van der Waals surface area (Å²) in [5.41, 5.74) is 4.66. The van der Waals surface area contributed by atoms with Crippen molar-refractivity contribution in [3.8, 4) is 0 Å². The van der Waals surface area contributed by atoms with Gasteiger partial charge >= 0.3 is 0 Å². The van der Waals surface area contributed by atoms with Gasteiger partial charge in [0.2, 0.25) is 5.91 Å². The van der Waals surface area contributed by atoms with Crippen LogP contribution in [0.2, 0.25) is 0 Å². The lowest BCUT2D eigenvalue weighted by Crippen LogP contribution is -2.39. The van der Waals surface area contributed by atoms with Gasteiger partial charge in [0.15, 0.2) is 0 Å². The van der Waals surface area contributed by atoms with E-state index in [0.29, 0.717) is 0 Å². The van der Waals surface area contributed by atoms with Gasteiger partial charge in [-0.05, 0) is 55.8 Å². The van der Waals surface area contributed by atoms with Gasteiger partial charge in [0, 0.05) is 23.1 Å². The van der Waals surface area contributed by atoms with Crippen molar-refractivity contribution in [3.63, 3.8) is 0 Å². The van der Waals surface area contributed by atoms with Crippen LogP contribution in [0.5, 0.6) is 0 Å². The maximum atomic E-state index is 12.2. The lowest BCUT2D eigenvalue weighted by Gasteiger charge is -2.30. The average Bonchev–Trinajstić information content (AvgIpc) is 2.65. The summed E-state index contributed by atoms with van der Waals surface area (Å²) >= 11 is 3.46. The van der Waals surface area contributed by atoms with Crippen molar-refractivity contribution in [2.45, 2.75) is 19.4 Å². The fraction of sp³-hybridized carbons (Fsp3) is 0.316. The molecule has 3 rings (SSSR count). The number of nitrogens with zero attached hydrogens (tertiary/aromatic N) is 3. The highest BCUT2D eigenvalue weighted by molar-refractivity contribution is 9.10. The molecule has 2 heterocycles. The summed E-state index contributed by atoms with van der Waals surface area (Å²) in [4.78, 5) is 18.7. The predicted molar refractivity (Wildman–Crippen MR) is 102 cm³/mol. The van der Waals surface area contributed by atoms with Crippen LogP contribution in [-0.2, 0) is 11.3 Å². The number of pyridine rings is 1. The first kappa shape index (κ1) is 17.8. The molecule has 1 saturated heterocycles. The van der Waals surface area contributed by atoms with Crippen LogP contribution in [0, 0.1) is 5.92 Å². The molecule has 0 bridgehead atoms. The van der Waals surface area contributed by atoms with Gasteiger partial charge in [-0.15, -0.1) is 0 Å². The van der Waals surface area contributed by atoms with Gasteiger partial charge in [-0.2, -0.15) is 5.10 Å². The highest BCUT2D eigenvalue weighted by Gasteiger charge is 2.24. The molecule has 1 aliphatic rings. The van der Waals surface area contributed by atoms with Crippen molar-refractivity contribution in [1.29, 1.82) is 0 Å². The van der Waals surface area contributed by atoms with Crippen LogP contribution in [0.3, 0.4) is 0 Å². The Kier molecular flexibility index (Phi) is 6.30. The third-order valence-corrected chi connectivity index (χ3v) is 4.87. The molecule has 25 heavy (non-hydrogen) atoms. The van der Waals surface area contributed by atoms with Gasteiger partial charge in [-0.1, -0.05) is 34.1 Å². The van der Waals surface area contributed by atoms with Crippen LogP contribution in [-0.4, -0.2) is 35.1 Å². The number of rotatable bonds is 5. The van der Waals surface area contributed by atoms with Crippen LogP contribution < -0.4 is 5.43 Å². The molecule has 130 valence electrons. The Morgan fingerprint density at radius 2 is 2.00 bits per heavy atom. The van der Waals surface area contributed by atoms with E-state index in [-0.39, 0.29) is 11.8 Å². The molecule has 0 atom stereocenters. The molecule has 5 nitrogen and oxygen atoms in total. The number of nitrogens with one attached hydrogen (secondary N) is 1. The molecule has 1 amide bonds. The minimum Gasteiger partial charge on any atom is -0.299 e. The van der Waals surface area contributed by atoms with Gasteiger partial charge < -0.3 is 0 Å². The van der Waals surface area contributed by atoms with Crippen molar-refractivity contribution in [3.05, 3.63) is 64.4 Å². The van der Waals surface area contributed by atoms with Crippen LogP contribution in [0.25, 0.3) is 0 Å². The van der Waals surface area contributed by atoms with Gasteiger partial charge in [-0.3, -0.25) is 14.7 Å². The Hall–Kier alpha value is -2.05. The number of benzene rings is 1. The fourth-order valence-electron chi connectivity index (χ4n) is 2.91. The van der Waals surface area contributed by atoms with Gasteiger partial charge in [0.05, 0.1) is 11.9 Å². The monoisotopic (exact) mass is 400 g/mol. The molecule has 1 aromatic heterocycles. The zero-order chi connectivity index (χ0) is 17.5. The van der Waals surface area contributed by atoms with E-state index in [9.17, 15) is 4.79 Å². The minimum atomic E-state index is -0.00419. The highest BCUT2D eigenvalue weighted by atomic mass is 79.9. The summed E-state index contributed by atoms with van der Waals surface area (Å²) in [5, 5.41) is 4.01. The maximum Gasteiger partial charge on any atom is 0.243 e. The zero-order valence-corrected chi connectivity index (χ0v) is 15.5. The summed E-state index contributed by atoms with van der Waals surface area (Å²) in [6, 6.07) is 14.0. The number of piperidine rings is 1. The average molecular weight is 401 g/mol. The lowest BCUT2D eigenvalue weighted by atomic mass is 9.96. The molecular formula is C19H21BrN4O. The van der Waals surface area contributed by atoms with E-state index in [1.165, 1.54) is 5.56 Å². The molecule has 1 fully saturated rings.